The minimum Gasteiger partial charge on any atom is -0.467 e. The number of hydrogen-bond acceptors (Lipinski definition) is 17. The van der Waals surface area contributed by atoms with E-state index in [0.29, 0.717) is 0 Å². The molecule has 0 saturated carbocycles. The summed E-state index contributed by atoms with van der Waals surface area (Å²) in [4.78, 5) is 77.2. The Morgan fingerprint density at radius 3 is 1.86 bits per heavy atom. The van der Waals surface area contributed by atoms with E-state index in [9.17, 15) is 28.8 Å². The fraction of sp³-hybridized carbons (Fsp3) is 0.654. The summed E-state index contributed by atoms with van der Waals surface area (Å²) in [6.07, 6.45) is -12.2. The summed E-state index contributed by atoms with van der Waals surface area (Å²) in [5, 5.41) is 0. The Balaban J connectivity index is 2.11. The number of carbonyl (C=O) groups excluding carboxylic acids is 6. The molecule has 3 rings (SSSR count). The molecule has 3 heterocycles. The highest BCUT2D eigenvalue weighted by Gasteiger charge is 2.59. The second-order valence-corrected chi connectivity index (χ2v) is 9.47. The predicted molar refractivity (Wildman–Crippen MR) is 136 cm³/mol. The summed E-state index contributed by atoms with van der Waals surface area (Å²) in [6.45, 7) is 8.59. The standard InChI is InChI=1S/C26H33NO16/c1-8-16-27-17-19(18(36-11(3)29)15(9-35-10(2)28)40-25(17)41-16)42-26-23(39-14(6)32)21(38-13(5)31)20(37-12(4)30)22(43-26)24(33)34-7/h8,15,17-23,25-26H,1,9H2,2-7H3/t15-,17-,18+,19-,20+,21+,22+,23-,25-,26-/m1/s1. The highest BCUT2D eigenvalue weighted by atomic mass is 16.8. The molecule has 238 valence electrons. The third-order valence-corrected chi connectivity index (χ3v) is 6.18. The molecule has 0 amide bonds. The average molecular weight is 616 g/mol. The van der Waals surface area contributed by atoms with Gasteiger partial charge in [-0.05, 0) is 6.08 Å². The van der Waals surface area contributed by atoms with Gasteiger partial charge in [-0.15, -0.1) is 0 Å². The van der Waals surface area contributed by atoms with E-state index in [-0.39, 0.29) is 5.90 Å². The van der Waals surface area contributed by atoms with Crippen molar-refractivity contribution in [2.24, 2.45) is 4.99 Å². The number of rotatable bonds is 10. The molecule has 43 heavy (non-hydrogen) atoms. The molecule has 0 unspecified atom stereocenters. The van der Waals surface area contributed by atoms with Gasteiger partial charge in [-0.25, -0.2) is 9.79 Å². The molecule has 0 aromatic rings. The molecule has 0 radical (unpaired) electrons. The first kappa shape index (κ1) is 33.4. The zero-order chi connectivity index (χ0) is 32.0. The van der Waals surface area contributed by atoms with Crippen LogP contribution in [0.25, 0.3) is 0 Å². The Hall–Kier alpha value is -4.09. The van der Waals surface area contributed by atoms with Crippen molar-refractivity contribution >= 4 is 41.7 Å². The third kappa shape index (κ3) is 8.26. The van der Waals surface area contributed by atoms with Crippen LogP contribution < -0.4 is 0 Å². The number of carbonyl (C=O) groups is 6. The topological polar surface area (TPSA) is 207 Å². The zero-order valence-electron chi connectivity index (χ0n) is 24.2. The van der Waals surface area contributed by atoms with Crippen LogP contribution >= 0.6 is 0 Å². The van der Waals surface area contributed by atoms with Crippen LogP contribution in [-0.4, -0.2) is 117 Å². The van der Waals surface area contributed by atoms with Crippen molar-refractivity contribution in [1.82, 2.24) is 0 Å². The first-order valence-electron chi connectivity index (χ1n) is 13.0. The van der Waals surface area contributed by atoms with Crippen molar-refractivity contribution in [3.8, 4) is 0 Å². The van der Waals surface area contributed by atoms with Gasteiger partial charge >= 0.3 is 35.8 Å². The van der Waals surface area contributed by atoms with E-state index in [1.54, 1.807) is 0 Å². The van der Waals surface area contributed by atoms with Gasteiger partial charge in [0.1, 0.15) is 24.9 Å². The van der Waals surface area contributed by atoms with Gasteiger partial charge in [0.2, 0.25) is 12.2 Å². The molecule has 2 fully saturated rings. The van der Waals surface area contributed by atoms with E-state index in [1.807, 2.05) is 0 Å². The van der Waals surface area contributed by atoms with Gasteiger partial charge in [0.25, 0.3) is 0 Å². The van der Waals surface area contributed by atoms with Crippen LogP contribution in [0.2, 0.25) is 0 Å². The third-order valence-electron chi connectivity index (χ3n) is 6.18. The number of methoxy groups -OCH3 is 1. The van der Waals surface area contributed by atoms with Crippen LogP contribution in [0.5, 0.6) is 0 Å². The number of esters is 6. The van der Waals surface area contributed by atoms with E-state index in [2.05, 4.69) is 11.6 Å². The number of fused-ring (bicyclic) bond motifs is 1. The molecule has 0 N–H and O–H groups in total. The Morgan fingerprint density at radius 1 is 0.767 bits per heavy atom. The first-order valence-corrected chi connectivity index (χ1v) is 13.0. The fourth-order valence-electron chi connectivity index (χ4n) is 4.69. The maximum absolute atomic E-state index is 12.8. The summed E-state index contributed by atoms with van der Waals surface area (Å²) < 4.78 is 55.0. The average Bonchev–Trinajstić information content (AvgIpc) is 3.33. The number of ether oxygens (including phenoxy) is 10. The minimum atomic E-state index is -1.76. The number of nitrogens with zero attached hydrogens (tertiary/aromatic N) is 1. The first-order chi connectivity index (χ1) is 20.2. The van der Waals surface area contributed by atoms with Crippen molar-refractivity contribution in [3.05, 3.63) is 12.7 Å². The largest absolute Gasteiger partial charge is 0.467 e. The summed E-state index contributed by atoms with van der Waals surface area (Å²) in [7, 11) is 1.03. The number of aliphatic imine (C=N–C) groups is 1. The van der Waals surface area contributed by atoms with Crippen LogP contribution in [0, 0.1) is 0 Å². The van der Waals surface area contributed by atoms with E-state index in [0.717, 1.165) is 41.7 Å². The normalized spacial score (nSPS) is 32.9. The van der Waals surface area contributed by atoms with Gasteiger partial charge in [-0.3, -0.25) is 24.0 Å². The maximum Gasteiger partial charge on any atom is 0.339 e. The summed E-state index contributed by atoms with van der Waals surface area (Å²) >= 11 is 0. The maximum atomic E-state index is 12.8. The second-order valence-electron chi connectivity index (χ2n) is 9.47. The summed E-state index contributed by atoms with van der Waals surface area (Å²) in [5.74, 6) is -5.11. The molecule has 2 saturated heterocycles. The Labute approximate surface area is 245 Å². The van der Waals surface area contributed by atoms with E-state index >= 15 is 0 Å². The SMILES string of the molecule is C=CC1=N[C@H]2[C@@H](O1)O[C@H](COC(C)=O)[C@H](OC(C)=O)[C@@H]2O[C@@H]1O[C@H](C(=O)OC)[C@@H](OC(C)=O)[C@H](OC(C)=O)[C@H]1OC(C)=O. The van der Waals surface area contributed by atoms with Gasteiger partial charge in [0.15, 0.2) is 36.8 Å². The monoisotopic (exact) mass is 615 g/mol. The lowest BCUT2D eigenvalue weighted by molar-refractivity contribution is -0.334. The number of hydrogen-bond donors (Lipinski definition) is 0. The van der Waals surface area contributed by atoms with Crippen molar-refractivity contribution in [2.75, 3.05) is 13.7 Å². The van der Waals surface area contributed by atoms with Crippen molar-refractivity contribution in [3.63, 3.8) is 0 Å². The molecule has 17 heteroatoms. The fourth-order valence-corrected chi connectivity index (χ4v) is 4.69. The second kappa shape index (κ2) is 14.4. The molecule has 0 aromatic heterocycles. The molecule has 0 spiro atoms. The Morgan fingerprint density at radius 2 is 1.33 bits per heavy atom. The molecule has 0 aromatic carbocycles. The lowest BCUT2D eigenvalue weighted by Gasteiger charge is -2.47. The van der Waals surface area contributed by atoms with Crippen molar-refractivity contribution in [2.45, 2.75) is 96.0 Å². The molecule has 0 aliphatic carbocycles. The zero-order valence-corrected chi connectivity index (χ0v) is 24.2. The lowest BCUT2D eigenvalue weighted by Crippen LogP contribution is -2.66. The molecule has 3 aliphatic rings. The minimum absolute atomic E-state index is 0.0413. The highest BCUT2D eigenvalue weighted by Crippen LogP contribution is 2.37. The Kier molecular flexibility index (Phi) is 11.2. The van der Waals surface area contributed by atoms with Crippen LogP contribution in [-0.2, 0) is 76.1 Å². The molecular weight excluding hydrogens is 582 g/mol. The highest BCUT2D eigenvalue weighted by molar-refractivity contribution is 5.88. The van der Waals surface area contributed by atoms with Crippen LogP contribution in [0.1, 0.15) is 34.6 Å². The van der Waals surface area contributed by atoms with Crippen LogP contribution in [0.4, 0.5) is 0 Å². The predicted octanol–water partition coefficient (Wildman–Crippen LogP) is -0.732. The molecular formula is C26H33NO16. The van der Waals surface area contributed by atoms with E-state index in [4.69, 9.17) is 47.4 Å². The quantitative estimate of drug-likeness (QED) is 0.219. The smallest absolute Gasteiger partial charge is 0.339 e. The molecule has 0 bridgehead atoms. The van der Waals surface area contributed by atoms with Gasteiger partial charge in [-0.1, -0.05) is 6.58 Å². The van der Waals surface area contributed by atoms with E-state index < -0.39 is 104 Å². The van der Waals surface area contributed by atoms with Crippen molar-refractivity contribution < 1.29 is 76.1 Å². The molecule has 3 aliphatic heterocycles. The van der Waals surface area contributed by atoms with Crippen LogP contribution in [0.3, 0.4) is 0 Å². The molecule has 17 nitrogen and oxygen atoms in total. The lowest BCUT2D eigenvalue weighted by atomic mass is 9.95. The van der Waals surface area contributed by atoms with E-state index in [1.165, 1.54) is 6.08 Å². The molecule has 10 atom stereocenters. The van der Waals surface area contributed by atoms with Crippen LogP contribution in [0.15, 0.2) is 17.6 Å². The summed E-state index contributed by atoms with van der Waals surface area (Å²) in [5.41, 5.74) is 0. The summed E-state index contributed by atoms with van der Waals surface area (Å²) in [6, 6.07) is -1.07. The van der Waals surface area contributed by atoms with Crippen molar-refractivity contribution in [1.29, 1.82) is 0 Å². The Bertz CT molecular complexity index is 1150. The van der Waals surface area contributed by atoms with Gasteiger partial charge < -0.3 is 47.4 Å². The van der Waals surface area contributed by atoms with Gasteiger partial charge in [-0.2, -0.15) is 0 Å². The van der Waals surface area contributed by atoms with Gasteiger partial charge in [0, 0.05) is 34.6 Å². The van der Waals surface area contributed by atoms with Gasteiger partial charge in [0.05, 0.1) is 7.11 Å².